The quantitative estimate of drug-likeness (QED) is 0.795. The van der Waals surface area contributed by atoms with Gasteiger partial charge >= 0.3 is 0 Å². The maximum atomic E-state index is 12.6. The molecule has 120 valence electrons. The van der Waals surface area contributed by atoms with Crippen molar-refractivity contribution in [3.63, 3.8) is 0 Å². The topological polar surface area (TPSA) is 62.7 Å². The maximum absolute atomic E-state index is 12.6. The minimum absolute atomic E-state index is 0.000234. The number of likely N-dealkylation sites (N-methyl/N-ethyl adjacent to an activating group) is 1. The van der Waals surface area contributed by atoms with E-state index in [1.165, 1.54) is 0 Å². The molecule has 0 spiro atoms. The maximum Gasteiger partial charge on any atom is 0.240 e. The van der Waals surface area contributed by atoms with Crippen molar-refractivity contribution in [1.82, 2.24) is 9.80 Å². The third-order valence-corrected chi connectivity index (χ3v) is 3.81. The molecule has 0 aliphatic rings. The van der Waals surface area contributed by atoms with E-state index in [4.69, 9.17) is 10.2 Å². The Morgan fingerprint density at radius 1 is 1.33 bits per heavy atom. The summed E-state index contributed by atoms with van der Waals surface area (Å²) in [7, 11) is 3.99. The Hall–Kier alpha value is -1.33. The molecule has 0 saturated heterocycles. The monoisotopic (exact) mass is 295 g/mol. The number of carbonyl (C=O) groups is 1. The fourth-order valence-corrected chi connectivity index (χ4v) is 2.05. The van der Waals surface area contributed by atoms with Gasteiger partial charge in [-0.2, -0.15) is 0 Å². The zero-order chi connectivity index (χ0) is 16.0. The van der Waals surface area contributed by atoms with Crippen LogP contribution in [0.3, 0.4) is 0 Å². The van der Waals surface area contributed by atoms with E-state index >= 15 is 0 Å². The molecule has 1 aromatic rings. The molecule has 0 aromatic carbocycles. The summed E-state index contributed by atoms with van der Waals surface area (Å²) >= 11 is 0. The fraction of sp³-hybridized carbons (Fsp3) is 0.688. The van der Waals surface area contributed by atoms with Crippen LogP contribution in [0.2, 0.25) is 0 Å². The van der Waals surface area contributed by atoms with Crippen molar-refractivity contribution in [2.45, 2.75) is 39.8 Å². The highest BCUT2D eigenvalue weighted by Gasteiger charge is 2.25. The lowest BCUT2D eigenvalue weighted by Gasteiger charge is -2.28. The number of hydrogen-bond donors (Lipinski definition) is 1. The molecule has 0 saturated carbocycles. The van der Waals surface area contributed by atoms with Crippen LogP contribution < -0.4 is 5.73 Å². The van der Waals surface area contributed by atoms with Crippen LogP contribution in [0, 0.1) is 12.8 Å². The van der Waals surface area contributed by atoms with Crippen molar-refractivity contribution in [2.75, 3.05) is 27.2 Å². The molecule has 5 nitrogen and oxygen atoms in total. The highest BCUT2D eigenvalue weighted by Crippen LogP contribution is 2.13. The molecule has 1 aromatic heterocycles. The van der Waals surface area contributed by atoms with Crippen molar-refractivity contribution in [3.05, 3.63) is 23.7 Å². The average Bonchev–Trinajstić information content (AvgIpc) is 2.86. The summed E-state index contributed by atoms with van der Waals surface area (Å²) in [6.07, 6.45) is 0.897. The first-order valence-electron chi connectivity index (χ1n) is 7.59. The Labute approximate surface area is 128 Å². The summed E-state index contributed by atoms with van der Waals surface area (Å²) in [5.41, 5.74) is 6.10. The zero-order valence-corrected chi connectivity index (χ0v) is 13.9. The van der Waals surface area contributed by atoms with Crippen LogP contribution >= 0.6 is 0 Å². The van der Waals surface area contributed by atoms with Gasteiger partial charge < -0.3 is 20.0 Å². The molecule has 1 rings (SSSR count). The first-order valence-corrected chi connectivity index (χ1v) is 7.59. The summed E-state index contributed by atoms with van der Waals surface area (Å²) in [4.78, 5) is 16.5. The number of nitrogens with zero attached hydrogens (tertiary/aromatic N) is 2. The second kappa shape index (κ2) is 8.20. The number of amides is 1. The highest BCUT2D eigenvalue weighted by atomic mass is 16.3. The Morgan fingerprint density at radius 2 is 2.00 bits per heavy atom. The number of furan rings is 1. The third-order valence-electron chi connectivity index (χ3n) is 3.81. The smallest absolute Gasteiger partial charge is 0.240 e. The molecule has 2 atom stereocenters. The summed E-state index contributed by atoms with van der Waals surface area (Å²) in [5.74, 6) is 1.84. The molecule has 5 heteroatoms. The van der Waals surface area contributed by atoms with Crippen molar-refractivity contribution < 1.29 is 9.21 Å². The standard InChI is InChI=1S/C16H29N3O2/c1-6-12(2)15(17)16(20)19(10-9-18(4)5)11-14-8-7-13(3)21-14/h7-8,12,15H,6,9-11,17H2,1-5H3. The molecule has 0 aliphatic heterocycles. The van der Waals surface area contributed by atoms with Gasteiger partial charge in [0.15, 0.2) is 0 Å². The van der Waals surface area contributed by atoms with E-state index in [1.807, 2.05) is 40.1 Å². The molecule has 1 amide bonds. The Morgan fingerprint density at radius 3 is 2.48 bits per heavy atom. The van der Waals surface area contributed by atoms with E-state index in [0.717, 1.165) is 24.5 Å². The van der Waals surface area contributed by atoms with Crippen molar-refractivity contribution >= 4 is 5.91 Å². The first-order chi connectivity index (χ1) is 9.85. The van der Waals surface area contributed by atoms with Crippen molar-refractivity contribution in [2.24, 2.45) is 11.7 Å². The first kappa shape index (κ1) is 17.7. The summed E-state index contributed by atoms with van der Waals surface area (Å²) in [6.45, 7) is 7.90. The molecular formula is C16H29N3O2. The highest BCUT2D eigenvalue weighted by molar-refractivity contribution is 5.81. The Bertz CT molecular complexity index is 442. The van der Waals surface area contributed by atoms with Gasteiger partial charge in [0.1, 0.15) is 11.5 Å². The van der Waals surface area contributed by atoms with Gasteiger partial charge in [0.25, 0.3) is 0 Å². The third kappa shape index (κ3) is 5.52. The van der Waals surface area contributed by atoms with Crippen LogP contribution in [0.25, 0.3) is 0 Å². The molecule has 0 bridgehead atoms. The molecule has 0 radical (unpaired) electrons. The van der Waals surface area contributed by atoms with E-state index in [1.54, 1.807) is 4.90 Å². The fourth-order valence-electron chi connectivity index (χ4n) is 2.05. The van der Waals surface area contributed by atoms with E-state index < -0.39 is 6.04 Å². The summed E-state index contributed by atoms with van der Waals surface area (Å²) in [6, 6.07) is 3.38. The van der Waals surface area contributed by atoms with Crippen LogP contribution in [0.5, 0.6) is 0 Å². The van der Waals surface area contributed by atoms with Gasteiger partial charge in [-0.3, -0.25) is 4.79 Å². The molecule has 2 unspecified atom stereocenters. The number of nitrogens with two attached hydrogens (primary N) is 1. The summed E-state index contributed by atoms with van der Waals surface area (Å²) in [5, 5.41) is 0. The summed E-state index contributed by atoms with van der Waals surface area (Å²) < 4.78 is 5.59. The molecule has 1 heterocycles. The lowest BCUT2D eigenvalue weighted by atomic mass is 9.99. The van der Waals surface area contributed by atoms with Gasteiger partial charge in [0.2, 0.25) is 5.91 Å². The van der Waals surface area contributed by atoms with E-state index in [9.17, 15) is 4.79 Å². The largest absolute Gasteiger partial charge is 0.464 e. The predicted octanol–water partition coefficient (Wildman–Crippen LogP) is 1.85. The van der Waals surface area contributed by atoms with Gasteiger partial charge in [-0.1, -0.05) is 20.3 Å². The SMILES string of the molecule is CCC(C)C(N)C(=O)N(CCN(C)C)Cc1ccc(C)o1. The van der Waals surface area contributed by atoms with Crippen LogP contribution in [-0.2, 0) is 11.3 Å². The second-order valence-corrected chi connectivity index (χ2v) is 5.99. The average molecular weight is 295 g/mol. The molecule has 0 aliphatic carbocycles. The van der Waals surface area contributed by atoms with Crippen LogP contribution in [0.1, 0.15) is 31.8 Å². The van der Waals surface area contributed by atoms with Gasteiger partial charge in [-0.15, -0.1) is 0 Å². The molecule has 0 fully saturated rings. The number of aryl methyl sites for hydroxylation is 1. The van der Waals surface area contributed by atoms with E-state index in [-0.39, 0.29) is 11.8 Å². The Balaban J connectivity index is 2.77. The second-order valence-electron chi connectivity index (χ2n) is 5.99. The predicted molar refractivity (Wildman–Crippen MR) is 84.8 cm³/mol. The number of carbonyl (C=O) groups excluding carboxylic acids is 1. The van der Waals surface area contributed by atoms with E-state index in [2.05, 4.69) is 11.8 Å². The minimum Gasteiger partial charge on any atom is -0.464 e. The number of rotatable bonds is 8. The molecule has 2 N–H and O–H groups in total. The minimum atomic E-state index is -0.451. The van der Waals surface area contributed by atoms with Crippen LogP contribution in [0.4, 0.5) is 0 Å². The van der Waals surface area contributed by atoms with Crippen molar-refractivity contribution in [1.29, 1.82) is 0 Å². The van der Waals surface area contributed by atoms with Gasteiger partial charge in [0, 0.05) is 13.1 Å². The lowest BCUT2D eigenvalue weighted by Crippen LogP contribution is -2.48. The zero-order valence-electron chi connectivity index (χ0n) is 13.9. The van der Waals surface area contributed by atoms with Gasteiger partial charge in [-0.25, -0.2) is 0 Å². The normalized spacial score (nSPS) is 14.2. The van der Waals surface area contributed by atoms with Crippen LogP contribution in [-0.4, -0.2) is 48.9 Å². The van der Waals surface area contributed by atoms with Crippen molar-refractivity contribution in [3.8, 4) is 0 Å². The van der Waals surface area contributed by atoms with E-state index in [0.29, 0.717) is 13.1 Å². The van der Waals surface area contributed by atoms with Gasteiger partial charge in [0.05, 0.1) is 12.6 Å². The molecular weight excluding hydrogens is 266 g/mol. The Kier molecular flexibility index (Phi) is 6.92. The van der Waals surface area contributed by atoms with Crippen LogP contribution in [0.15, 0.2) is 16.5 Å². The molecule has 21 heavy (non-hydrogen) atoms. The van der Waals surface area contributed by atoms with Gasteiger partial charge in [-0.05, 0) is 39.1 Å². The number of hydrogen-bond acceptors (Lipinski definition) is 4. The lowest BCUT2D eigenvalue weighted by molar-refractivity contribution is -0.134.